The minimum absolute atomic E-state index is 0.0950. The summed E-state index contributed by atoms with van der Waals surface area (Å²) in [7, 11) is -2.83. The van der Waals surface area contributed by atoms with Crippen LogP contribution in [0.2, 0.25) is 0 Å². The number of nitrogens with zero attached hydrogens (tertiary/aromatic N) is 1. The van der Waals surface area contributed by atoms with Gasteiger partial charge in [0.25, 0.3) is 0 Å². The lowest BCUT2D eigenvalue weighted by atomic mass is 10.1. The molecule has 1 aliphatic heterocycles. The Kier molecular flexibility index (Phi) is 5.70. The maximum absolute atomic E-state index is 11.4. The van der Waals surface area contributed by atoms with E-state index in [0.717, 1.165) is 32.2 Å². The number of hydrogen-bond donors (Lipinski definition) is 3. The van der Waals surface area contributed by atoms with Crippen LogP contribution in [0.3, 0.4) is 0 Å². The fourth-order valence-electron chi connectivity index (χ4n) is 1.97. The Morgan fingerprint density at radius 3 is 2.88 bits per heavy atom. The molecule has 1 saturated heterocycles. The van der Waals surface area contributed by atoms with Gasteiger partial charge in [-0.1, -0.05) is 5.16 Å². The third-order valence-electron chi connectivity index (χ3n) is 2.88. The van der Waals surface area contributed by atoms with Crippen molar-refractivity contribution in [2.75, 3.05) is 18.1 Å². The van der Waals surface area contributed by atoms with E-state index in [-0.39, 0.29) is 17.6 Å². The van der Waals surface area contributed by atoms with Crippen LogP contribution in [-0.4, -0.2) is 43.6 Å². The molecule has 0 amide bonds. The predicted octanol–water partition coefficient (Wildman–Crippen LogP) is 0.0699. The fraction of sp³-hybridized carbons (Fsp3) is 0.900. The van der Waals surface area contributed by atoms with Crippen LogP contribution in [-0.2, 0) is 9.84 Å². The highest BCUT2D eigenvalue weighted by molar-refractivity contribution is 7.91. The first-order valence-electron chi connectivity index (χ1n) is 5.94. The topological polar surface area (TPSA) is 105 Å². The van der Waals surface area contributed by atoms with Gasteiger partial charge in [-0.15, -0.1) is 0 Å². The Labute approximate surface area is 102 Å². The Morgan fingerprint density at radius 2 is 2.24 bits per heavy atom. The summed E-state index contributed by atoms with van der Waals surface area (Å²) < 4.78 is 22.8. The molecular formula is C10H21N3O3S. The summed E-state index contributed by atoms with van der Waals surface area (Å²) in [5.74, 6) is 0.826. The van der Waals surface area contributed by atoms with E-state index < -0.39 is 9.84 Å². The van der Waals surface area contributed by atoms with Crippen molar-refractivity contribution < 1.29 is 13.6 Å². The molecule has 0 aliphatic carbocycles. The van der Waals surface area contributed by atoms with Gasteiger partial charge in [-0.3, -0.25) is 0 Å². The second-order valence-electron chi connectivity index (χ2n) is 4.46. The van der Waals surface area contributed by atoms with Crippen molar-refractivity contribution in [1.29, 1.82) is 0 Å². The van der Waals surface area contributed by atoms with E-state index in [1.807, 2.05) is 0 Å². The van der Waals surface area contributed by atoms with E-state index in [1.54, 1.807) is 0 Å². The quantitative estimate of drug-likeness (QED) is 0.207. The summed E-state index contributed by atoms with van der Waals surface area (Å²) in [6, 6.07) is 0.0950. The highest BCUT2D eigenvalue weighted by atomic mass is 32.2. The molecule has 1 unspecified atom stereocenters. The lowest BCUT2D eigenvalue weighted by Gasteiger charge is -2.23. The average molecular weight is 263 g/mol. The van der Waals surface area contributed by atoms with Crippen molar-refractivity contribution in [3.63, 3.8) is 0 Å². The molecule has 1 atom stereocenters. The van der Waals surface area contributed by atoms with Crippen LogP contribution >= 0.6 is 0 Å². The molecule has 0 bridgehead atoms. The standard InChI is InChI=1S/C10H21N3O3S/c11-10(13-14)5-1-2-6-12-9-4-3-7-17(15,16)8-9/h9,12,14H,1-8H2,(H2,11,13). The summed E-state index contributed by atoms with van der Waals surface area (Å²) in [5.41, 5.74) is 5.33. The molecule has 100 valence electrons. The Bertz CT molecular complexity index is 354. The first-order valence-corrected chi connectivity index (χ1v) is 7.76. The molecule has 0 aromatic rings. The molecule has 0 radical (unpaired) electrons. The molecule has 0 spiro atoms. The molecule has 0 aromatic carbocycles. The minimum Gasteiger partial charge on any atom is -0.409 e. The van der Waals surface area contributed by atoms with Crippen LogP contribution < -0.4 is 11.1 Å². The number of hydrogen-bond acceptors (Lipinski definition) is 5. The van der Waals surface area contributed by atoms with Crippen LogP contribution in [0.5, 0.6) is 0 Å². The molecule has 1 heterocycles. The zero-order valence-electron chi connectivity index (χ0n) is 9.93. The largest absolute Gasteiger partial charge is 0.409 e. The third kappa shape index (κ3) is 5.88. The van der Waals surface area contributed by atoms with Gasteiger partial charge in [0.05, 0.1) is 11.5 Å². The van der Waals surface area contributed by atoms with Crippen molar-refractivity contribution in [3.8, 4) is 0 Å². The van der Waals surface area contributed by atoms with E-state index >= 15 is 0 Å². The molecule has 1 aliphatic rings. The number of amidine groups is 1. The Morgan fingerprint density at radius 1 is 1.47 bits per heavy atom. The summed E-state index contributed by atoms with van der Waals surface area (Å²) in [4.78, 5) is 0. The first-order chi connectivity index (χ1) is 8.03. The van der Waals surface area contributed by atoms with Gasteiger partial charge >= 0.3 is 0 Å². The van der Waals surface area contributed by atoms with E-state index in [2.05, 4.69) is 10.5 Å². The highest BCUT2D eigenvalue weighted by Crippen LogP contribution is 2.11. The zero-order chi connectivity index (χ0) is 12.7. The monoisotopic (exact) mass is 263 g/mol. The number of unbranched alkanes of at least 4 members (excludes halogenated alkanes) is 1. The van der Waals surface area contributed by atoms with E-state index in [1.165, 1.54) is 0 Å². The van der Waals surface area contributed by atoms with Gasteiger partial charge in [-0.25, -0.2) is 8.42 Å². The molecule has 6 nitrogen and oxygen atoms in total. The molecule has 17 heavy (non-hydrogen) atoms. The molecular weight excluding hydrogens is 242 g/mol. The summed E-state index contributed by atoms with van der Waals surface area (Å²) in [6.07, 6.45) is 3.99. The predicted molar refractivity (Wildman–Crippen MR) is 66.9 cm³/mol. The maximum atomic E-state index is 11.4. The maximum Gasteiger partial charge on any atom is 0.151 e. The molecule has 1 fully saturated rings. The van der Waals surface area contributed by atoms with Crippen LogP contribution in [0, 0.1) is 0 Å². The van der Waals surface area contributed by atoms with Gasteiger partial charge in [-0.2, -0.15) is 0 Å². The number of rotatable bonds is 6. The minimum atomic E-state index is -2.83. The number of nitrogens with two attached hydrogens (primary N) is 1. The van der Waals surface area contributed by atoms with Gasteiger partial charge in [0.2, 0.25) is 0 Å². The number of oxime groups is 1. The Balaban J connectivity index is 2.11. The third-order valence-corrected chi connectivity index (χ3v) is 4.71. The van der Waals surface area contributed by atoms with Gasteiger partial charge < -0.3 is 16.3 Å². The van der Waals surface area contributed by atoms with Gasteiger partial charge in [-0.05, 0) is 32.2 Å². The van der Waals surface area contributed by atoms with Crippen molar-refractivity contribution in [2.45, 2.75) is 38.1 Å². The highest BCUT2D eigenvalue weighted by Gasteiger charge is 2.23. The second kappa shape index (κ2) is 6.80. The van der Waals surface area contributed by atoms with Crippen molar-refractivity contribution in [3.05, 3.63) is 0 Å². The van der Waals surface area contributed by atoms with Crippen LogP contribution in [0.1, 0.15) is 32.1 Å². The normalized spacial score (nSPS) is 24.7. The number of sulfone groups is 1. The average Bonchev–Trinajstić information content (AvgIpc) is 2.27. The van der Waals surface area contributed by atoms with Crippen molar-refractivity contribution >= 4 is 15.7 Å². The van der Waals surface area contributed by atoms with Crippen LogP contribution in [0.25, 0.3) is 0 Å². The first kappa shape index (κ1) is 14.2. The van der Waals surface area contributed by atoms with Gasteiger partial charge in [0, 0.05) is 12.5 Å². The SMILES string of the molecule is N/C(CCCCNC1CCCS(=O)(=O)C1)=N\O. The van der Waals surface area contributed by atoms with Gasteiger partial charge in [0.15, 0.2) is 9.84 Å². The molecule has 0 saturated carbocycles. The van der Waals surface area contributed by atoms with E-state index in [9.17, 15) is 8.42 Å². The Hall–Kier alpha value is -0.820. The van der Waals surface area contributed by atoms with E-state index in [0.29, 0.717) is 12.2 Å². The second-order valence-corrected chi connectivity index (χ2v) is 6.68. The lowest BCUT2D eigenvalue weighted by Crippen LogP contribution is -2.40. The molecule has 1 rings (SSSR count). The summed E-state index contributed by atoms with van der Waals surface area (Å²) >= 11 is 0. The van der Waals surface area contributed by atoms with Crippen LogP contribution in [0.4, 0.5) is 0 Å². The summed E-state index contributed by atoms with van der Waals surface area (Å²) in [5, 5.41) is 14.5. The van der Waals surface area contributed by atoms with Crippen molar-refractivity contribution in [1.82, 2.24) is 5.32 Å². The zero-order valence-corrected chi connectivity index (χ0v) is 10.7. The number of nitrogens with one attached hydrogen (secondary N) is 1. The molecule has 0 aromatic heterocycles. The summed E-state index contributed by atoms with van der Waals surface area (Å²) in [6.45, 7) is 0.777. The van der Waals surface area contributed by atoms with Crippen LogP contribution in [0.15, 0.2) is 5.16 Å². The lowest BCUT2D eigenvalue weighted by molar-refractivity contribution is 0.316. The molecule has 7 heteroatoms. The fourth-order valence-corrected chi connectivity index (χ4v) is 3.64. The van der Waals surface area contributed by atoms with E-state index in [4.69, 9.17) is 10.9 Å². The smallest absolute Gasteiger partial charge is 0.151 e. The van der Waals surface area contributed by atoms with Gasteiger partial charge in [0.1, 0.15) is 5.84 Å². The molecule has 4 N–H and O–H groups in total. The van der Waals surface area contributed by atoms with Crippen molar-refractivity contribution in [2.24, 2.45) is 10.9 Å².